The fourth-order valence-corrected chi connectivity index (χ4v) is 5.02. The molecule has 2 aliphatic heterocycles. The van der Waals surface area contributed by atoms with E-state index in [1.54, 1.807) is 0 Å². The van der Waals surface area contributed by atoms with Gasteiger partial charge in [-0.15, -0.1) is 0 Å². The van der Waals surface area contributed by atoms with E-state index in [4.69, 9.17) is 9.47 Å². The van der Waals surface area contributed by atoms with E-state index in [-0.39, 0.29) is 17.6 Å². The summed E-state index contributed by atoms with van der Waals surface area (Å²) in [5.41, 5.74) is 4.83. The first kappa shape index (κ1) is 21.8. The second kappa shape index (κ2) is 9.84. The number of carbonyl (C=O) groups is 1. The average Bonchev–Trinajstić information content (AvgIpc) is 2.80. The number of ether oxygens (including phenoxy) is 2. The van der Waals surface area contributed by atoms with E-state index in [2.05, 4.69) is 66.5 Å². The van der Waals surface area contributed by atoms with Crippen molar-refractivity contribution in [2.24, 2.45) is 5.41 Å². The second-order valence-electron chi connectivity index (χ2n) is 8.91. The van der Waals surface area contributed by atoms with Crippen molar-refractivity contribution in [2.75, 3.05) is 25.0 Å². The lowest BCUT2D eigenvalue weighted by molar-refractivity contribution is -0.0620. The lowest BCUT2D eigenvalue weighted by Gasteiger charge is -2.45. The Balaban J connectivity index is 1.38. The Morgan fingerprint density at radius 3 is 2.65 bits per heavy atom. The highest BCUT2D eigenvalue weighted by Crippen LogP contribution is 2.41. The molecule has 1 N–H and O–H groups in total. The van der Waals surface area contributed by atoms with Crippen LogP contribution in [0.25, 0.3) is 0 Å². The highest BCUT2D eigenvalue weighted by molar-refractivity contribution is 5.87. The molecule has 166 valence electrons. The molecule has 5 heteroatoms. The summed E-state index contributed by atoms with van der Waals surface area (Å²) in [6.07, 6.45) is 4.49. The van der Waals surface area contributed by atoms with E-state index in [9.17, 15) is 4.79 Å². The number of rotatable bonds is 8. The van der Waals surface area contributed by atoms with Crippen molar-refractivity contribution in [3.8, 4) is 0 Å². The number of hydrogen-bond donors (Lipinski definition) is 1. The quantitative estimate of drug-likeness (QED) is 0.620. The van der Waals surface area contributed by atoms with E-state index in [1.807, 2.05) is 6.07 Å². The summed E-state index contributed by atoms with van der Waals surface area (Å²) in [6, 6.07) is 17.1. The summed E-state index contributed by atoms with van der Waals surface area (Å²) < 4.78 is 11.2. The van der Waals surface area contributed by atoms with Crippen LogP contribution < -0.4 is 5.32 Å². The first-order chi connectivity index (χ1) is 15.1. The largest absolute Gasteiger partial charge is 0.444 e. The van der Waals surface area contributed by atoms with Crippen LogP contribution in [0.2, 0.25) is 0 Å². The molecule has 0 spiro atoms. The van der Waals surface area contributed by atoms with Crippen molar-refractivity contribution >= 4 is 11.8 Å². The molecule has 1 atom stereocenters. The monoisotopic (exact) mass is 422 g/mol. The van der Waals surface area contributed by atoms with Crippen LogP contribution in [0.1, 0.15) is 49.8 Å². The third-order valence-electron chi connectivity index (χ3n) is 7.06. The van der Waals surface area contributed by atoms with E-state index in [0.29, 0.717) is 6.61 Å². The molecule has 2 heterocycles. The average molecular weight is 423 g/mol. The number of piperidine rings is 1. The highest BCUT2D eigenvalue weighted by Gasteiger charge is 2.39. The Hall–Kier alpha value is -2.37. The molecule has 31 heavy (non-hydrogen) atoms. The molecule has 0 aliphatic carbocycles. The molecule has 0 bridgehead atoms. The normalized spacial score (nSPS) is 19.2. The maximum atomic E-state index is 11.4. The van der Waals surface area contributed by atoms with Gasteiger partial charge in [0.2, 0.25) is 0 Å². The summed E-state index contributed by atoms with van der Waals surface area (Å²) in [5.74, 6) is 0. The smallest absolute Gasteiger partial charge is 0.411 e. The maximum Gasteiger partial charge on any atom is 0.411 e. The molecule has 5 nitrogen and oxygen atoms in total. The number of fused-ring (bicyclic) bond motifs is 1. The molecule has 2 aromatic rings. The topological polar surface area (TPSA) is 50.8 Å². The molecule has 1 unspecified atom stereocenters. The van der Waals surface area contributed by atoms with Gasteiger partial charge in [-0.1, -0.05) is 36.4 Å². The van der Waals surface area contributed by atoms with Crippen LogP contribution in [0.3, 0.4) is 0 Å². The Morgan fingerprint density at radius 1 is 1.13 bits per heavy atom. The second-order valence-corrected chi connectivity index (χ2v) is 8.91. The molecule has 2 aromatic carbocycles. The SMILES string of the molecule is CCOC(C)C1(CCc2ccccc2)CCN(Cc2ccc3c(c2)COC(=O)N3)CC1. The number of aryl methyl sites for hydroxylation is 1. The van der Waals surface area contributed by atoms with Crippen LogP contribution in [0.4, 0.5) is 10.5 Å². The van der Waals surface area contributed by atoms with Crippen LogP contribution in [-0.2, 0) is 29.0 Å². The minimum absolute atomic E-state index is 0.232. The van der Waals surface area contributed by atoms with Gasteiger partial charge < -0.3 is 9.47 Å². The number of benzene rings is 2. The van der Waals surface area contributed by atoms with Gasteiger partial charge in [-0.2, -0.15) is 0 Å². The summed E-state index contributed by atoms with van der Waals surface area (Å²) in [6.45, 7) is 8.57. The molecular formula is C26H34N2O3. The molecule has 2 aliphatic rings. The number of nitrogens with one attached hydrogen (secondary N) is 1. The van der Waals surface area contributed by atoms with Crippen molar-refractivity contribution in [1.29, 1.82) is 0 Å². The fraction of sp³-hybridized carbons (Fsp3) is 0.500. The number of carbonyl (C=O) groups excluding carboxylic acids is 1. The van der Waals surface area contributed by atoms with E-state index in [1.165, 1.54) is 17.5 Å². The van der Waals surface area contributed by atoms with Crippen molar-refractivity contribution in [3.63, 3.8) is 0 Å². The number of cyclic esters (lactones) is 1. The molecule has 0 aromatic heterocycles. The van der Waals surface area contributed by atoms with E-state index < -0.39 is 0 Å². The third-order valence-corrected chi connectivity index (χ3v) is 7.06. The number of amides is 1. The summed E-state index contributed by atoms with van der Waals surface area (Å²) in [5, 5.41) is 2.76. The Bertz CT molecular complexity index is 875. The van der Waals surface area contributed by atoms with Gasteiger partial charge in [0.15, 0.2) is 0 Å². The summed E-state index contributed by atoms with van der Waals surface area (Å²) in [4.78, 5) is 13.9. The molecule has 1 fully saturated rings. The Kier molecular flexibility index (Phi) is 6.93. The number of nitrogens with zero attached hydrogens (tertiary/aromatic N) is 1. The molecule has 1 amide bonds. The van der Waals surface area contributed by atoms with Gasteiger partial charge in [0, 0.05) is 18.7 Å². The van der Waals surface area contributed by atoms with Gasteiger partial charge in [0.05, 0.1) is 11.8 Å². The lowest BCUT2D eigenvalue weighted by Crippen LogP contribution is -2.46. The fourth-order valence-electron chi connectivity index (χ4n) is 5.02. The van der Waals surface area contributed by atoms with Gasteiger partial charge in [-0.3, -0.25) is 10.2 Å². The predicted octanol–water partition coefficient (Wildman–Crippen LogP) is 5.39. The number of likely N-dealkylation sites (tertiary alicyclic amines) is 1. The minimum Gasteiger partial charge on any atom is -0.444 e. The van der Waals surface area contributed by atoms with Gasteiger partial charge >= 0.3 is 6.09 Å². The van der Waals surface area contributed by atoms with Gasteiger partial charge in [-0.05, 0) is 81.3 Å². The van der Waals surface area contributed by atoms with Gasteiger partial charge in [0.25, 0.3) is 0 Å². The van der Waals surface area contributed by atoms with Crippen LogP contribution >= 0.6 is 0 Å². The first-order valence-corrected chi connectivity index (χ1v) is 11.5. The van der Waals surface area contributed by atoms with Crippen LogP contribution in [-0.4, -0.2) is 36.8 Å². The lowest BCUT2D eigenvalue weighted by atomic mass is 9.70. The number of anilines is 1. The van der Waals surface area contributed by atoms with Crippen LogP contribution in [0.5, 0.6) is 0 Å². The van der Waals surface area contributed by atoms with Crippen molar-refractivity contribution < 1.29 is 14.3 Å². The Labute approximate surface area is 185 Å². The van der Waals surface area contributed by atoms with Gasteiger partial charge in [0.1, 0.15) is 6.61 Å². The van der Waals surface area contributed by atoms with Crippen molar-refractivity contribution in [2.45, 2.75) is 58.8 Å². The minimum atomic E-state index is -0.369. The maximum absolute atomic E-state index is 11.4. The Morgan fingerprint density at radius 2 is 1.90 bits per heavy atom. The highest BCUT2D eigenvalue weighted by atomic mass is 16.5. The molecule has 1 saturated heterocycles. The van der Waals surface area contributed by atoms with E-state index >= 15 is 0 Å². The molecule has 0 saturated carbocycles. The zero-order chi connectivity index (χ0) is 21.7. The zero-order valence-corrected chi connectivity index (χ0v) is 18.7. The van der Waals surface area contributed by atoms with Crippen molar-refractivity contribution in [3.05, 3.63) is 65.2 Å². The first-order valence-electron chi connectivity index (χ1n) is 11.5. The van der Waals surface area contributed by atoms with Crippen molar-refractivity contribution in [1.82, 2.24) is 4.90 Å². The molecule has 4 rings (SSSR count). The van der Waals surface area contributed by atoms with Crippen LogP contribution in [0.15, 0.2) is 48.5 Å². The summed E-state index contributed by atoms with van der Waals surface area (Å²) in [7, 11) is 0. The molecular weight excluding hydrogens is 388 g/mol. The zero-order valence-electron chi connectivity index (χ0n) is 18.7. The standard InChI is InChI=1S/C26H34N2O3/c1-3-30-20(2)26(12-11-21-7-5-4-6-8-21)13-15-28(16-14-26)18-22-9-10-24-23(17-22)19-31-25(29)27-24/h4-10,17,20H,3,11-16,18-19H2,1-2H3,(H,27,29). The third kappa shape index (κ3) is 5.28. The van der Waals surface area contributed by atoms with Gasteiger partial charge in [-0.25, -0.2) is 4.79 Å². The van der Waals surface area contributed by atoms with Crippen LogP contribution in [0, 0.1) is 5.41 Å². The molecule has 0 radical (unpaired) electrons. The van der Waals surface area contributed by atoms with E-state index in [0.717, 1.165) is 56.8 Å². The summed E-state index contributed by atoms with van der Waals surface area (Å²) >= 11 is 0. The predicted molar refractivity (Wildman–Crippen MR) is 123 cm³/mol. The number of hydrogen-bond acceptors (Lipinski definition) is 4.